The first-order chi connectivity index (χ1) is 6.25. The Morgan fingerprint density at radius 1 is 1.36 bits per heavy atom. The van der Waals surface area contributed by atoms with Crippen LogP contribution in [-0.2, 0) is 4.79 Å². The summed E-state index contributed by atoms with van der Waals surface area (Å²) in [4.78, 5) is 11.7. The molecule has 0 spiro atoms. The van der Waals surface area contributed by atoms with Crippen LogP contribution >= 0.6 is 11.8 Å². The van der Waals surface area contributed by atoms with Crippen molar-refractivity contribution in [1.82, 2.24) is 0 Å². The van der Waals surface area contributed by atoms with Crippen LogP contribution in [0, 0.1) is 5.41 Å². The topological polar surface area (TPSA) is 43.1 Å². The van der Waals surface area contributed by atoms with Crippen LogP contribution in [0.5, 0.6) is 0 Å². The second-order valence-corrected chi connectivity index (χ2v) is 6.61. The molecule has 2 N–H and O–H groups in total. The van der Waals surface area contributed by atoms with Gasteiger partial charge in [0.25, 0.3) is 0 Å². The van der Waals surface area contributed by atoms with Crippen LogP contribution < -0.4 is 5.73 Å². The molecule has 0 heterocycles. The van der Waals surface area contributed by atoms with Gasteiger partial charge in [-0.15, -0.1) is 0 Å². The summed E-state index contributed by atoms with van der Waals surface area (Å²) in [6.07, 6.45) is 0.791. The van der Waals surface area contributed by atoms with E-state index in [0.717, 1.165) is 12.2 Å². The van der Waals surface area contributed by atoms with Crippen LogP contribution in [0.2, 0.25) is 0 Å². The smallest absolute Gasteiger partial charge is 0.154 e. The second-order valence-electron chi connectivity index (χ2n) is 4.93. The molecule has 0 rings (SSSR count). The first kappa shape index (κ1) is 14.0. The molecule has 2 nitrogen and oxygen atoms in total. The number of carbonyl (C=O) groups excluding carboxylic acids is 1. The molecule has 0 aliphatic rings. The van der Waals surface area contributed by atoms with Gasteiger partial charge >= 0.3 is 0 Å². The van der Waals surface area contributed by atoms with Crippen molar-refractivity contribution in [3.05, 3.63) is 0 Å². The summed E-state index contributed by atoms with van der Waals surface area (Å²) in [7, 11) is 0. The van der Waals surface area contributed by atoms with Crippen LogP contribution in [0.3, 0.4) is 0 Å². The van der Waals surface area contributed by atoms with Gasteiger partial charge in [0.15, 0.2) is 5.78 Å². The Balaban J connectivity index is 3.86. The lowest BCUT2D eigenvalue weighted by atomic mass is 9.86. The van der Waals surface area contributed by atoms with Gasteiger partial charge in [-0.05, 0) is 17.4 Å². The normalized spacial score (nSPS) is 14.5. The number of Topliss-reactive ketones (excluding diaryl/α,β-unsaturated/α-hetero) is 1. The molecule has 0 fully saturated rings. The molecule has 0 aliphatic heterocycles. The van der Waals surface area contributed by atoms with E-state index in [1.807, 2.05) is 32.5 Å². The average molecular weight is 217 g/mol. The molecule has 0 aromatic heterocycles. The lowest BCUT2D eigenvalue weighted by Gasteiger charge is -2.21. The third kappa shape index (κ3) is 5.66. The van der Waals surface area contributed by atoms with Crippen molar-refractivity contribution in [3.63, 3.8) is 0 Å². The van der Waals surface area contributed by atoms with Gasteiger partial charge in [-0.3, -0.25) is 4.79 Å². The molecule has 0 amide bonds. The highest BCUT2D eigenvalue weighted by Crippen LogP contribution is 2.19. The minimum Gasteiger partial charge on any atom is -0.321 e. The fourth-order valence-corrected chi connectivity index (χ4v) is 1.98. The Labute approximate surface area is 92.0 Å². The van der Waals surface area contributed by atoms with Gasteiger partial charge in [-0.1, -0.05) is 34.6 Å². The molecule has 0 bridgehead atoms. The molecule has 1 atom stereocenters. The highest BCUT2D eigenvalue weighted by molar-refractivity contribution is 7.99. The van der Waals surface area contributed by atoms with Gasteiger partial charge in [-0.25, -0.2) is 0 Å². The van der Waals surface area contributed by atoms with Gasteiger partial charge in [0, 0.05) is 5.41 Å². The molecule has 0 aromatic rings. The molecule has 14 heavy (non-hydrogen) atoms. The predicted octanol–water partition coefficient (Wildman–Crippen LogP) is 2.46. The fraction of sp³-hybridized carbons (Fsp3) is 0.909. The number of carbonyl (C=O) groups is 1. The number of nitrogens with two attached hydrogens (primary N) is 1. The van der Waals surface area contributed by atoms with Crippen LogP contribution in [0.1, 0.15) is 41.0 Å². The standard InChI is InChI=1S/C11H23NOS/c1-8(2)14-7-6-9(12)10(13)11(3,4)5/h8-9H,6-7,12H2,1-5H3/t9-/m0/s1. The van der Waals surface area contributed by atoms with Crippen molar-refractivity contribution in [3.8, 4) is 0 Å². The number of hydrogen-bond donors (Lipinski definition) is 1. The van der Waals surface area contributed by atoms with E-state index in [9.17, 15) is 4.79 Å². The molecule has 0 unspecified atom stereocenters. The summed E-state index contributed by atoms with van der Waals surface area (Å²) in [5, 5.41) is 0.618. The molecule has 0 aromatic carbocycles. The number of ketones is 1. The highest BCUT2D eigenvalue weighted by atomic mass is 32.2. The maximum absolute atomic E-state index is 11.7. The monoisotopic (exact) mass is 217 g/mol. The first-order valence-electron chi connectivity index (χ1n) is 5.16. The van der Waals surface area contributed by atoms with Crippen molar-refractivity contribution < 1.29 is 4.79 Å². The van der Waals surface area contributed by atoms with Crippen LogP contribution in [0.25, 0.3) is 0 Å². The number of thioether (sulfide) groups is 1. The summed E-state index contributed by atoms with van der Waals surface area (Å²) in [5.41, 5.74) is 5.52. The fourth-order valence-electron chi connectivity index (χ4n) is 1.12. The van der Waals surface area contributed by atoms with E-state index in [1.54, 1.807) is 0 Å². The minimum atomic E-state index is -0.304. The Morgan fingerprint density at radius 3 is 2.21 bits per heavy atom. The van der Waals surface area contributed by atoms with Crippen LogP contribution in [-0.4, -0.2) is 22.8 Å². The van der Waals surface area contributed by atoms with E-state index in [1.165, 1.54) is 0 Å². The second kappa shape index (κ2) is 5.76. The largest absolute Gasteiger partial charge is 0.321 e. The summed E-state index contributed by atoms with van der Waals surface area (Å²) in [6.45, 7) is 10.1. The minimum absolute atomic E-state index is 0.168. The Morgan fingerprint density at radius 2 is 1.86 bits per heavy atom. The van der Waals surface area contributed by atoms with Crippen molar-refractivity contribution in [1.29, 1.82) is 0 Å². The van der Waals surface area contributed by atoms with E-state index in [2.05, 4.69) is 13.8 Å². The third-order valence-electron chi connectivity index (χ3n) is 1.96. The summed E-state index contributed by atoms with van der Waals surface area (Å²) in [5.74, 6) is 1.14. The van der Waals surface area contributed by atoms with Gasteiger partial charge in [-0.2, -0.15) is 11.8 Å². The zero-order valence-corrected chi connectivity index (χ0v) is 10.8. The van der Waals surface area contributed by atoms with E-state index in [4.69, 9.17) is 5.73 Å². The van der Waals surface area contributed by atoms with E-state index in [0.29, 0.717) is 5.25 Å². The molecule has 0 aliphatic carbocycles. The maximum atomic E-state index is 11.7. The van der Waals surface area contributed by atoms with Crippen molar-refractivity contribution in [2.45, 2.75) is 52.3 Å². The first-order valence-corrected chi connectivity index (χ1v) is 6.21. The van der Waals surface area contributed by atoms with E-state index >= 15 is 0 Å². The van der Waals surface area contributed by atoms with Crippen molar-refractivity contribution in [2.75, 3.05) is 5.75 Å². The number of hydrogen-bond acceptors (Lipinski definition) is 3. The van der Waals surface area contributed by atoms with E-state index < -0.39 is 0 Å². The van der Waals surface area contributed by atoms with Gasteiger partial charge < -0.3 is 5.73 Å². The Kier molecular flexibility index (Phi) is 5.75. The quantitative estimate of drug-likeness (QED) is 0.769. The van der Waals surface area contributed by atoms with Gasteiger partial charge in [0.1, 0.15) is 0 Å². The molecular weight excluding hydrogens is 194 g/mol. The van der Waals surface area contributed by atoms with Crippen LogP contribution in [0.4, 0.5) is 0 Å². The Hall–Kier alpha value is -0.0200. The summed E-state index contributed by atoms with van der Waals surface area (Å²) in [6, 6.07) is -0.291. The number of rotatable bonds is 5. The average Bonchev–Trinajstić information content (AvgIpc) is 2.00. The molecule has 0 radical (unpaired) electrons. The molecule has 0 saturated heterocycles. The summed E-state index contributed by atoms with van der Waals surface area (Å²) >= 11 is 1.86. The summed E-state index contributed by atoms with van der Waals surface area (Å²) < 4.78 is 0. The molecule has 84 valence electrons. The lowest BCUT2D eigenvalue weighted by molar-refractivity contribution is -0.127. The van der Waals surface area contributed by atoms with Crippen molar-refractivity contribution in [2.24, 2.45) is 11.1 Å². The lowest BCUT2D eigenvalue weighted by Crippen LogP contribution is -2.39. The van der Waals surface area contributed by atoms with Crippen LogP contribution in [0.15, 0.2) is 0 Å². The highest BCUT2D eigenvalue weighted by Gasteiger charge is 2.26. The van der Waals surface area contributed by atoms with Crippen molar-refractivity contribution >= 4 is 17.5 Å². The van der Waals surface area contributed by atoms with E-state index in [-0.39, 0.29) is 17.2 Å². The third-order valence-corrected chi connectivity index (χ3v) is 3.09. The SMILES string of the molecule is CC(C)SCC[C@H](N)C(=O)C(C)(C)C. The molecular formula is C11H23NOS. The van der Waals surface area contributed by atoms with Gasteiger partial charge in [0.2, 0.25) is 0 Å². The maximum Gasteiger partial charge on any atom is 0.154 e. The molecule has 3 heteroatoms. The zero-order valence-electron chi connectivity index (χ0n) is 9.96. The molecule has 0 saturated carbocycles. The predicted molar refractivity (Wildman–Crippen MR) is 64.6 cm³/mol. The van der Waals surface area contributed by atoms with Gasteiger partial charge in [0.05, 0.1) is 6.04 Å². The zero-order chi connectivity index (χ0) is 11.4. The Bertz CT molecular complexity index is 184.